The van der Waals surface area contributed by atoms with Crippen molar-refractivity contribution in [2.75, 3.05) is 5.75 Å². The maximum atomic E-state index is 13.2. The van der Waals surface area contributed by atoms with Gasteiger partial charge in [0.05, 0.1) is 17.1 Å². The number of hydrogen-bond acceptors (Lipinski definition) is 3. The molecule has 0 fully saturated rings. The van der Waals surface area contributed by atoms with Crippen LogP contribution in [0.25, 0.3) is 5.69 Å². The highest BCUT2D eigenvalue weighted by atomic mass is 32.2. The Balaban J connectivity index is 1.60. The summed E-state index contributed by atoms with van der Waals surface area (Å²) < 4.78 is 28.0. The maximum absolute atomic E-state index is 13.2. The van der Waals surface area contributed by atoms with Crippen molar-refractivity contribution in [2.24, 2.45) is 0 Å². The molecule has 3 aromatic rings. The van der Waals surface area contributed by atoms with Crippen molar-refractivity contribution in [1.29, 1.82) is 0 Å². The molecule has 0 saturated heterocycles. The van der Waals surface area contributed by atoms with E-state index in [1.165, 1.54) is 6.07 Å². The van der Waals surface area contributed by atoms with Crippen molar-refractivity contribution in [3.63, 3.8) is 0 Å². The highest BCUT2D eigenvalue weighted by Gasteiger charge is 2.14. The second-order valence-corrected chi connectivity index (χ2v) is 7.09. The van der Waals surface area contributed by atoms with Gasteiger partial charge in [-0.2, -0.15) is 5.10 Å². The van der Waals surface area contributed by atoms with Gasteiger partial charge in [-0.1, -0.05) is 18.2 Å². The van der Waals surface area contributed by atoms with Crippen molar-refractivity contribution in [3.8, 4) is 5.69 Å². The summed E-state index contributed by atoms with van der Waals surface area (Å²) in [4.78, 5) is 12.6. The van der Waals surface area contributed by atoms with Crippen LogP contribution in [0.4, 0.5) is 8.78 Å². The van der Waals surface area contributed by atoms with Crippen LogP contribution in [-0.4, -0.2) is 21.4 Å². The average molecular weight is 387 g/mol. The van der Waals surface area contributed by atoms with Gasteiger partial charge in [-0.3, -0.25) is 4.79 Å². The second kappa shape index (κ2) is 8.35. The van der Waals surface area contributed by atoms with Crippen LogP contribution in [0.5, 0.6) is 0 Å². The van der Waals surface area contributed by atoms with Gasteiger partial charge in [0.25, 0.3) is 0 Å². The molecule has 0 spiro atoms. The summed E-state index contributed by atoms with van der Waals surface area (Å²) in [6, 6.07) is 13.4. The standard InChI is InChI=1S/C20H19F2N3OS/c1-13-17(14(2)25(24-13)15-6-4-3-5-7-15)11-23-20(26)12-27-16-8-9-18(21)19(22)10-16/h3-10H,11-12H2,1-2H3,(H,23,26). The first-order valence-electron chi connectivity index (χ1n) is 8.41. The normalized spacial score (nSPS) is 10.8. The van der Waals surface area contributed by atoms with Gasteiger partial charge in [0.15, 0.2) is 11.6 Å². The van der Waals surface area contributed by atoms with Gasteiger partial charge in [0, 0.05) is 22.7 Å². The number of aromatic nitrogens is 2. The zero-order valence-corrected chi connectivity index (χ0v) is 15.8. The molecule has 0 bridgehead atoms. The lowest BCUT2D eigenvalue weighted by Crippen LogP contribution is -2.25. The van der Waals surface area contributed by atoms with Crippen molar-refractivity contribution in [3.05, 3.63) is 77.1 Å². The monoisotopic (exact) mass is 387 g/mol. The topological polar surface area (TPSA) is 46.9 Å². The lowest BCUT2D eigenvalue weighted by atomic mass is 10.2. The number of nitrogens with zero attached hydrogens (tertiary/aromatic N) is 2. The summed E-state index contributed by atoms with van der Waals surface area (Å²) in [5, 5.41) is 7.41. The number of para-hydroxylation sites is 1. The molecule has 7 heteroatoms. The molecule has 1 heterocycles. The van der Waals surface area contributed by atoms with Crippen molar-refractivity contribution >= 4 is 17.7 Å². The van der Waals surface area contributed by atoms with Crippen LogP contribution in [-0.2, 0) is 11.3 Å². The lowest BCUT2D eigenvalue weighted by molar-refractivity contribution is -0.118. The highest BCUT2D eigenvalue weighted by molar-refractivity contribution is 8.00. The number of carbonyl (C=O) groups excluding carboxylic acids is 1. The molecule has 4 nitrogen and oxygen atoms in total. The Morgan fingerprint density at radius 2 is 1.85 bits per heavy atom. The van der Waals surface area contributed by atoms with Crippen LogP contribution in [0.2, 0.25) is 0 Å². The van der Waals surface area contributed by atoms with Gasteiger partial charge in [-0.15, -0.1) is 11.8 Å². The summed E-state index contributed by atoms with van der Waals surface area (Å²) in [7, 11) is 0. The third-order valence-electron chi connectivity index (χ3n) is 4.17. The van der Waals surface area contributed by atoms with E-state index in [0.717, 1.165) is 46.5 Å². The minimum absolute atomic E-state index is 0.121. The van der Waals surface area contributed by atoms with E-state index in [1.807, 2.05) is 48.9 Å². The number of rotatable bonds is 6. The molecule has 1 amide bonds. The Kier molecular flexibility index (Phi) is 5.91. The Morgan fingerprint density at radius 1 is 1.11 bits per heavy atom. The third kappa shape index (κ3) is 4.54. The number of amides is 1. The number of thioether (sulfide) groups is 1. The van der Waals surface area contributed by atoms with Gasteiger partial charge < -0.3 is 5.32 Å². The fraction of sp³-hybridized carbons (Fsp3) is 0.200. The van der Waals surface area contributed by atoms with Crippen molar-refractivity contribution in [2.45, 2.75) is 25.3 Å². The van der Waals surface area contributed by atoms with Gasteiger partial charge >= 0.3 is 0 Å². The first-order chi connectivity index (χ1) is 13.0. The van der Waals surface area contributed by atoms with Crippen LogP contribution < -0.4 is 5.32 Å². The molecular formula is C20H19F2N3OS. The molecule has 0 unspecified atom stereocenters. The van der Waals surface area contributed by atoms with E-state index in [1.54, 1.807) is 0 Å². The molecule has 0 saturated carbocycles. The van der Waals surface area contributed by atoms with E-state index >= 15 is 0 Å². The van der Waals surface area contributed by atoms with Gasteiger partial charge in [-0.05, 0) is 44.2 Å². The molecule has 1 N–H and O–H groups in total. The zero-order valence-electron chi connectivity index (χ0n) is 15.0. The number of benzene rings is 2. The number of halogens is 2. The molecule has 1 aromatic heterocycles. The van der Waals surface area contributed by atoms with E-state index in [0.29, 0.717) is 11.4 Å². The third-order valence-corrected chi connectivity index (χ3v) is 5.16. The van der Waals surface area contributed by atoms with Gasteiger partial charge in [0.2, 0.25) is 5.91 Å². The second-order valence-electron chi connectivity index (χ2n) is 6.04. The molecule has 0 atom stereocenters. The summed E-state index contributed by atoms with van der Waals surface area (Å²) >= 11 is 1.16. The minimum Gasteiger partial charge on any atom is -0.351 e. The van der Waals surface area contributed by atoms with Crippen LogP contribution >= 0.6 is 11.8 Å². The van der Waals surface area contributed by atoms with Crippen LogP contribution in [0.15, 0.2) is 53.4 Å². The Bertz CT molecular complexity index is 957. The predicted molar refractivity (Wildman–Crippen MR) is 102 cm³/mol. The first kappa shape index (κ1) is 19.1. The molecule has 27 heavy (non-hydrogen) atoms. The molecule has 3 rings (SSSR count). The fourth-order valence-corrected chi connectivity index (χ4v) is 3.46. The predicted octanol–water partition coefficient (Wildman–Crippen LogP) is 4.18. The largest absolute Gasteiger partial charge is 0.351 e. The van der Waals surface area contributed by atoms with Crippen molar-refractivity contribution in [1.82, 2.24) is 15.1 Å². The van der Waals surface area contributed by atoms with E-state index in [-0.39, 0.29) is 11.7 Å². The summed E-state index contributed by atoms with van der Waals surface area (Å²) in [5.41, 5.74) is 3.74. The molecule has 0 aliphatic carbocycles. The van der Waals surface area contributed by atoms with Crippen LogP contribution in [0.1, 0.15) is 17.0 Å². The Labute approximate surface area is 160 Å². The lowest BCUT2D eigenvalue weighted by Gasteiger charge is -2.07. The minimum atomic E-state index is -0.917. The Morgan fingerprint density at radius 3 is 2.56 bits per heavy atom. The zero-order chi connectivity index (χ0) is 19.4. The molecule has 140 valence electrons. The van der Waals surface area contributed by atoms with Gasteiger partial charge in [-0.25, -0.2) is 13.5 Å². The van der Waals surface area contributed by atoms with Crippen LogP contribution in [0, 0.1) is 25.5 Å². The highest BCUT2D eigenvalue weighted by Crippen LogP contribution is 2.21. The van der Waals surface area contributed by atoms with E-state index in [2.05, 4.69) is 10.4 Å². The summed E-state index contributed by atoms with van der Waals surface area (Å²) in [6.07, 6.45) is 0. The maximum Gasteiger partial charge on any atom is 0.230 e. The molecule has 0 aliphatic rings. The molecule has 2 aromatic carbocycles. The Hall–Kier alpha value is -2.67. The number of carbonyl (C=O) groups is 1. The summed E-state index contributed by atoms with van der Waals surface area (Å²) in [5.74, 6) is -1.88. The average Bonchev–Trinajstić information content (AvgIpc) is 2.95. The molecular weight excluding hydrogens is 368 g/mol. The molecule has 0 aliphatic heterocycles. The number of aryl methyl sites for hydroxylation is 1. The SMILES string of the molecule is Cc1nn(-c2ccccc2)c(C)c1CNC(=O)CSc1ccc(F)c(F)c1. The van der Waals surface area contributed by atoms with Gasteiger partial charge in [0.1, 0.15) is 0 Å². The van der Waals surface area contributed by atoms with E-state index < -0.39 is 11.6 Å². The summed E-state index contributed by atoms with van der Waals surface area (Å²) in [6.45, 7) is 4.23. The van der Waals surface area contributed by atoms with E-state index in [4.69, 9.17) is 0 Å². The fourth-order valence-electron chi connectivity index (χ4n) is 2.70. The van der Waals surface area contributed by atoms with Crippen molar-refractivity contribution < 1.29 is 13.6 Å². The quantitative estimate of drug-likeness (QED) is 0.646. The number of nitrogens with one attached hydrogen (secondary N) is 1. The van der Waals surface area contributed by atoms with Crippen LogP contribution in [0.3, 0.4) is 0 Å². The smallest absolute Gasteiger partial charge is 0.230 e. The van der Waals surface area contributed by atoms with E-state index in [9.17, 15) is 13.6 Å². The number of hydrogen-bond donors (Lipinski definition) is 1. The first-order valence-corrected chi connectivity index (χ1v) is 9.39. The molecule has 0 radical (unpaired) electrons.